The minimum absolute atomic E-state index is 0.339. The number of carbonyl (C=O) groups excluding carboxylic acids is 1. The smallest absolute Gasteiger partial charge is 0.225 e. The van der Waals surface area contributed by atoms with Crippen LogP contribution < -0.4 is 10.1 Å². The van der Waals surface area contributed by atoms with Crippen molar-refractivity contribution < 1.29 is 9.53 Å². The SMILES string of the molecule is CCC1CN(C(=O)C2CC2)CCC1NCC=Cc1ccccc1OC. The summed E-state index contributed by atoms with van der Waals surface area (Å²) in [5.41, 5.74) is 1.10. The molecule has 2 unspecified atom stereocenters. The maximum atomic E-state index is 12.3. The van der Waals surface area contributed by atoms with Crippen LogP contribution in [0.15, 0.2) is 30.3 Å². The van der Waals surface area contributed by atoms with Gasteiger partial charge in [0.2, 0.25) is 5.91 Å². The molecule has 1 saturated heterocycles. The zero-order chi connectivity index (χ0) is 17.6. The molecule has 25 heavy (non-hydrogen) atoms. The second-order valence-corrected chi connectivity index (χ2v) is 7.17. The highest BCUT2D eigenvalue weighted by Gasteiger charge is 2.37. The van der Waals surface area contributed by atoms with E-state index in [0.717, 1.165) is 56.6 Å². The second-order valence-electron chi connectivity index (χ2n) is 7.17. The number of carbonyl (C=O) groups is 1. The Balaban J connectivity index is 1.49. The number of hydrogen-bond donors (Lipinski definition) is 1. The number of benzene rings is 1. The Morgan fingerprint density at radius 3 is 2.84 bits per heavy atom. The van der Waals surface area contributed by atoms with E-state index in [-0.39, 0.29) is 0 Å². The molecule has 1 aromatic carbocycles. The van der Waals surface area contributed by atoms with Crippen LogP contribution in [0, 0.1) is 11.8 Å². The van der Waals surface area contributed by atoms with Gasteiger partial charge in [0.05, 0.1) is 7.11 Å². The molecule has 4 nitrogen and oxygen atoms in total. The van der Waals surface area contributed by atoms with Gasteiger partial charge in [0.25, 0.3) is 0 Å². The van der Waals surface area contributed by atoms with Gasteiger partial charge in [0.15, 0.2) is 0 Å². The summed E-state index contributed by atoms with van der Waals surface area (Å²) in [6.07, 6.45) is 8.63. The number of methoxy groups -OCH3 is 1. The Hall–Kier alpha value is -1.81. The molecule has 1 aliphatic heterocycles. The molecule has 4 heteroatoms. The van der Waals surface area contributed by atoms with E-state index in [2.05, 4.69) is 35.4 Å². The molecule has 0 aromatic heterocycles. The van der Waals surface area contributed by atoms with Crippen LogP contribution in [0.1, 0.15) is 38.2 Å². The molecule has 3 rings (SSSR count). The topological polar surface area (TPSA) is 41.6 Å². The van der Waals surface area contributed by atoms with E-state index in [4.69, 9.17) is 4.74 Å². The van der Waals surface area contributed by atoms with Gasteiger partial charge in [0, 0.05) is 37.2 Å². The maximum absolute atomic E-state index is 12.3. The zero-order valence-electron chi connectivity index (χ0n) is 15.4. The lowest BCUT2D eigenvalue weighted by atomic mass is 9.89. The quantitative estimate of drug-likeness (QED) is 0.826. The molecule has 2 atom stereocenters. The summed E-state index contributed by atoms with van der Waals surface area (Å²) >= 11 is 0. The summed E-state index contributed by atoms with van der Waals surface area (Å²) in [4.78, 5) is 14.4. The van der Waals surface area contributed by atoms with Crippen molar-refractivity contribution in [3.63, 3.8) is 0 Å². The summed E-state index contributed by atoms with van der Waals surface area (Å²) in [6, 6.07) is 8.54. The average molecular weight is 342 g/mol. The Bertz CT molecular complexity index is 610. The van der Waals surface area contributed by atoms with E-state index in [1.807, 2.05) is 18.2 Å². The predicted molar refractivity (Wildman–Crippen MR) is 102 cm³/mol. The fourth-order valence-electron chi connectivity index (χ4n) is 3.71. The van der Waals surface area contributed by atoms with Gasteiger partial charge < -0.3 is 15.0 Å². The summed E-state index contributed by atoms with van der Waals surface area (Å²) in [5, 5.41) is 3.67. The molecule has 0 spiro atoms. The molecule has 1 aromatic rings. The van der Waals surface area contributed by atoms with Gasteiger partial charge in [-0.2, -0.15) is 0 Å². The van der Waals surface area contributed by atoms with Crippen LogP contribution in [0.25, 0.3) is 6.08 Å². The number of nitrogens with one attached hydrogen (secondary N) is 1. The highest BCUT2D eigenvalue weighted by Crippen LogP contribution is 2.33. The van der Waals surface area contributed by atoms with Crippen LogP contribution >= 0.6 is 0 Å². The number of rotatable bonds is 7. The van der Waals surface area contributed by atoms with Crippen molar-refractivity contribution in [2.45, 2.75) is 38.6 Å². The normalized spacial score (nSPS) is 23.8. The van der Waals surface area contributed by atoms with Gasteiger partial charge in [-0.1, -0.05) is 43.7 Å². The fraction of sp³-hybridized carbons (Fsp3) is 0.571. The molecule has 2 fully saturated rings. The van der Waals surface area contributed by atoms with Crippen molar-refractivity contribution in [3.05, 3.63) is 35.9 Å². The van der Waals surface area contributed by atoms with Crippen LogP contribution in [0.4, 0.5) is 0 Å². The molecule has 1 N–H and O–H groups in total. The zero-order valence-corrected chi connectivity index (χ0v) is 15.4. The van der Waals surface area contributed by atoms with E-state index in [1.54, 1.807) is 7.11 Å². The van der Waals surface area contributed by atoms with Gasteiger partial charge in [-0.25, -0.2) is 0 Å². The van der Waals surface area contributed by atoms with Crippen LogP contribution in [-0.4, -0.2) is 43.6 Å². The lowest BCUT2D eigenvalue weighted by molar-refractivity contribution is -0.134. The first kappa shape index (κ1) is 18.0. The summed E-state index contributed by atoms with van der Waals surface area (Å²) in [7, 11) is 1.70. The molecule has 2 aliphatic rings. The van der Waals surface area contributed by atoms with E-state index < -0.39 is 0 Å². The van der Waals surface area contributed by atoms with Crippen molar-refractivity contribution in [3.8, 4) is 5.75 Å². The number of hydrogen-bond acceptors (Lipinski definition) is 3. The second kappa shape index (κ2) is 8.52. The number of para-hydroxylation sites is 1. The molecule has 1 amide bonds. The standard InChI is InChI=1S/C21H30N2O2/c1-3-16-15-23(21(24)18-10-11-18)14-12-19(16)22-13-6-8-17-7-4-5-9-20(17)25-2/h4-9,16,18-19,22H,3,10-15H2,1-2H3. The third-order valence-corrected chi connectivity index (χ3v) is 5.43. The van der Waals surface area contributed by atoms with Crippen molar-refractivity contribution in [2.75, 3.05) is 26.7 Å². The molecule has 136 valence electrons. The number of ether oxygens (including phenoxy) is 1. The Morgan fingerprint density at radius 2 is 2.12 bits per heavy atom. The van der Waals surface area contributed by atoms with Crippen LogP contribution in [-0.2, 0) is 4.79 Å². The molecular weight excluding hydrogens is 312 g/mol. The maximum Gasteiger partial charge on any atom is 0.225 e. The molecule has 1 heterocycles. The third-order valence-electron chi connectivity index (χ3n) is 5.43. The summed E-state index contributed by atoms with van der Waals surface area (Å²) < 4.78 is 5.38. The van der Waals surface area contributed by atoms with Crippen molar-refractivity contribution in [2.24, 2.45) is 11.8 Å². The van der Waals surface area contributed by atoms with Crippen molar-refractivity contribution in [1.29, 1.82) is 0 Å². The van der Waals surface area contributed by atoms with E-state index in [9.17, 15) is 4.79 Å². The summed E-state index contributed by atoms with van der Waals surface area (Å²) in [6.45, 7) is 4.89. The first-order valence-corrected chi connectivity index (χ1v) is 9.54. The molecule has 1 saturated carbocycles. The Labute approximate surface area is 151 Å². The first-order valence-electron chi connectivity index (χ1n) is 9.54. The van der Waals surface area contributed by atoms with Crippen molar-refractivity contribution in [1.82, 2.24) is 10.2 Å². The summed E-state index contributed by atoms with van der Waals surface area (Å²) in [5.74, 6) is 2.19. The highest BCUT2D eigenvalue weighted by molar-refractivity contribution is 5.81. The fourth-order valence-corrected chi connectivity index (χ4v) is 3.71. The van der Waals surface area contributed by atoms with Crippen LogP contribution in [0.5, 0.6) is 5.75 Å². The average Bonchev–Trinajstić information content (AvgIpc) is 3.50. The third kappa shape index (κ3) is 4.63. The first-order chi connectivity index (χ1) is 12.2. The van der Waals surface area contributed by atoms with Gasteiger partial charge in [-0.15, -0.1) is 0 Å². The molecule has 0 bridgehead atoms. The van der Waals surface area contributed by atoms with Crippen LogP contribution in [0.3, 0.4) is 0 Å². The lowest BCUT2D eigenvalue weighted by Gasteiger charge is -2.38. The minimum Gasteiger partial charge on any atom is -0.496 e. The lowest BCUT2D eigenvalue weighted by Crippen LogP contribution is -2.51. The minimum atomic E-state index is 0.339. The molecular formula is C21H30N2O2. The van der Waals surface area contributed by atoms with Crippen molar-refractivity contribution >= 4 is 12.0 Å². The monoisotopic (exact) mass is 342 g/mol. The highest BCUT2D eigenvalue weighted by atomic mass is 16.5. The van der Waals surface area contributed by atoms with Gasteiger partial charge in [0.1, 0.15) is 5.75 Å². The van der Waals surface area contributed by atoms with Gasteiger partial charge in [-0.3, -0.25) is 4.79 Å². The van der Waals surface area contributed by atoms with Gasteiger partial charge in [-0.05, 0) is 31.2 Å². The van der Waals surface area contributed by atoms with E-state index >= 15 is 0 Å². The molecule has 0 radical (unpaired) electrons. The Kier molecular flexibility index (Phi) is 6.14. The van der Waals surface area contributed by atoms with E-state index in [0.29, 0.717) is 23.8 Å². The van der Waals surface area contributed by atoms with Gasteiger partial charge >= 0.3 is 0 Å². The van der Waals surface area contributed by atoms with E-state index in [1.165, 1.54) is 0 Å². The number of likely N-dealkylation sites (tertiary alicyclic amines) is 1. The molecule has 1 aliphatic carbocycles. The number of piperidine rings is 1. The number of nitrogens with zero attached hydrogens (tertiary/aromatic N) is 1. The van der Waals surface area contributed by atoms with Crippen LogP contribution in [0.2, 0.25) is 0 Å². The largest absolute Gasteiger partial charge is 0.496 e. The predicted octanol–water partition coefficient (Wildman–Crippen LogP) is 3.34. The Morgan fingerprint density at radius 1 is 1.32 bits per heavy atom. The number of amides is 1.